The van der Waals surface area contributed by atoms with Gasteiger partial charge in [-0.15, -0.1) is 0 Å². The van der Waals surface area contributed by atoms with Crippen LogP contribution in [0.3, 0.4) is 0 Å². The first kappa shape index (κ1) is 12.0. The maximum Gasteiger partial charge on any atom is 0.243 e. The number of nitrogens with two attached hydrogens (primary N) is 1. The van der Waals surface area contributed by atoms with Gasteiger partial charge in [-0.1, -0.05) is 12.8 Å². The Morgan fingerprint density at radius 1 is 1.40 bits per heavy atom. The van der Waals surface area contributed by atoms with E-state index in [2.05, 4.69) is 5.32 Å². The van der Waals surface area contributed by atoms with Crippen LogP contribution in [0.2, 0.25) is 0 Å². The number of carbonyl (C=O) groups excluding carboxylic acids is 2. The Bertz CT molecular complexity index is 247. The molecule has 0 aromatic rings. The fourth-order valence-electron chi connectivity index (χ4n) is 1.94. The highest BCUT2D eigenvalue weighted by Gasteiger charge is 2.40. The number of carbonyl (C=O) groups is 2. The zero-order valence-electron chi connectivity index (χ0n) is 9.04. The summed E-state index contributed by atoms with van der Waals surface area (Å²) in [4.78, 5) is 22.8. The quantitative estimate of drug-likeness (QED) is 0.672. The molecule has 1 aliphatic carbocycles. The number of hydrogen-bond acceptors (Lipinski definition) is 3. The van der Waals surface area contributed by atoms with E-state index in [9.17, 15) is 9.59 Å². The molecule has 5 nitrogen and oxygen atoms in total. The molecule has 0 aliphatic heterocycles. The molecular formula is C10H18N2O3. The van der Waals surface area contributed by atoms with E-state index in [4.69, 9.17) is 10.5 Å². The second kappa shape index (κ2) is 5.11. The van der Waals surface area contributed by atoms with Crippen molar-refractivity contribution in [2.24, 2.45) is 5.73 Å². The van der Waals surface area contributed by atoms with E-state index in [1.54, 1.807) is 0 Å². The Morgan fingerprint density at radius 3 is 2.47 bits per heavy atom. The molecule has 1 saturated carbocycles. The lowest BCUT2D eigenvalue weighted by Crippen LogP contribution is -2.55. The predicted molar refractivity (Wildman–Crippen MR) is 55.0 cm³/mol. The molecule has 0 aromatic heterocycles. The number of nitrogens with one attached hydrogen (secondary N) is 1. The van der Waals surface area contributed by atoms with E-state index in [0.717, 1.165) is 12.8 Å². The van der Waals surface area contributed by atoms with Gasteiger partial charge in [0, 0.05) is 13.5 Å². The summed E-state index contributed by atoms with van der Waals surface area (Å²) >= 11 is 0. The van der Waals surface area contributed by atoms with Crippen molar-refractivity contribution in [3.8, 4) is 0 Å². The molecule has 15 heavy (non-hydrogen) atoms. The largest absolute Gasteiger partial charge is 0.384 e. The highest BCUT2D eigenvalue weighted by Crippen LogP contribution is 2.29. The molecule has 0 spiro atoms. The van der Waals surface area contributed by atoms with Crippen molar-refractivity contribution in [1.29, 1.82) is 0 Å². The van der Waals surface area contributed by atoms with Crippen LogP contribution in [0.15, 0.2) is 0 Å². The molecule has 1 rings (SSSR count). The van der Waals surface area contributed by atoms with Crippen LogP contribution < -0.4 is 11.1 Å². The molecule has 0 aromatic carbocycles. The van der Waals surface area contributed by atoms with Crippen LogP contribution in [0.5, 0.6) is 0 Å². The number of methoxy groups -OCH3 is 1. The summed E-state index contributed by atoms with van der Waals surface area (Å²) < 4.78 is 4.79. The van der Waals surface area contributed by atoms with Gasteiger partial charge in [0.25, 0.3) is 0 Å². The minimum Gasteiger partial charge on any atom is -0.384 e. The van der Waals surface area contributed by atoms with Gasteiger partial charge in [0.2, 0.25) is 11.8 Å². The summed E-state index contributed by atoms with van der Waals surface area (Å²) in [5, 5.41) is 2.73. The zero-order valence-corrected chi connectivity index (χ0v) is 9.04. The molecule has 2 amide bonds. The van der Waals surface area contributed by atoms with Gasteiger partial charge in [0.1, 0.15) is 5.54 Å². The summed E-state index contributed by atoms with van der Waals surface area (Å²) in [6.07, 6.45) is 3.45. The number of ether oxygens (including phenoxy) is 1. The molecule has 0 unspecified atom stereocenters. The van der Waals surface area contributed by atoms with Gasteiger partial charge in [-0.05, 0) is 12.8 Å². The summed E-state index contributed by atoms with van der Waals surface area (Å²) in [6, 6.07) is 0. The fraction of sp³-hybridized carbons (Fsp3) is 0.800. The molecule has 0 saturated heterocycles. The Labute approximate surface area is 89.3 Å². The van der Waals surface area contributed by atoms with E-state index in [1.807, 2.05) is 0 Å². The van der Waals surface area contributed by atoms with Crippen molar-refractivity contribution >= 4 is 11.8 Å². The molecule has 0 heterocycles. The summed E-state index contributed by atoms with van der Waals surface area (Å²) in [5.41, 5.74) is 4.52. The van der Waals surface area contributed by atoms with Crippen molar-refractivity contribution in [2.45, 2.75) is 37.6 Å². The molecule has 5 heteroatoms. The molecule has 0 atom stereocenters. The van der Waals surface area contributed by atoms with Crippen LogP contribution in [0.4, 0.5) is 0 Å². The minimum atomic E-state index is -0.801. The average molecular weight is 214 g/mol. The van der Waals surface area contributed by atoms with E-state index in [1.165, 1.54) is 7.11 Å². The molecule has 0 bridgehead atoms. The smallest absolute Gasteiger partial charge is 0.243 e. The average Bonchev–Trinajstić information content (AvgIpc) is 2.64. The first-order chi connectivity index (χ1) is 7.10. The molecule has 3 N–H and O–H groups in total. The molecule has 1 aliphatic rings. The summed E-state index contributed by atoms with van der Waals surface area (Å²) in [5.74, 6) is -0.594. The lowest BCUT2D eigenvalue weighted by molar-refractivity contribution is -0.131. The Morgan fingerprint density at radius 2 is 2.00 bits per heavy atom. The van der Waals surface area contributed by atoms with Crippen LogP contribution in [0.1, 0.15) is 32.1 Å². The minimum absolute atomic E-state index is 0.169. The molecule has 86 valence electrons. The summed E-state index contributed by atoms with van der Waals surface area (Å²) in [7, 11) is 1.53. The van der Waals surface area contributed by atoms with E-state index in [-0.39, 0.29) is 12.3 Å². The number of primary amides is 1. The van der Waals surface area contributed by atoms with Crippen molar-refractivity contribution in [3.05, 3.63) is 0 Å². The second-order valence-corrected chi connectivity index (χ2v) is 3.94. The fourth-order valence-corrected chi connectivity index (χ4v) is 1.94. The van der Waals surface area contributed by atoms with Gasteiger partial charge in [-0.3, -0.25) is 9.59 Å². The Balaban J connectivity index is 2.52. The SMILES string of the molecule is COCCC(=O)NC1(C(N)=O)CCCC1. The Hall–Kier alpha value is -1.10. The number of amides is 2. The van der Waals surface area contributed by atoms with Gasteiger partial charge in [0.05, 0.1) is 6.61 Å². The molecular weight excluding hydrogens is 196 g/mol. The maximum absolute atomic E-state index is 11.5. The normalized spacial score (nSPS) is 18.7. The topological polar surface area (TPSA) is 81.4 Å². The standard InChI is InChI=1S/C10H18N2O3/c1-15-7-4-8(13)12-10(9(11)14)5-2-3-6-10/h2-7H2,1H3,(H2,11,14)(H,12,13). The van der Waals surface area contributed by atoms with Gasteiger partial charge in [-0.25, -0.2) is 0 Å². The third kappa shape index (κ3) is 2.92. The van der Waals surface area contributed by atoms with E-state index < -0.39 is 11.4 Å². The monoisotopic (exact) mass is 214 g/mol. The third-order valence-electron chi connectivity index (χ3n) is 2.84. The number of hydrogen-bond donors (Lipinski definition) is 2. The predicted octanol–water partition coefficient (Wildman–Crippen LogP) is -0.0628. The van der Waals surface area contributed by atoms with Crippen molar-refractivity contribution in [3.63, 3.8) is 0 Å². The van der Waals surface area contributed by atoms with Gasteiger partial charge in [0.15, 0.2) is 0 Å². The highest BCUT2D eigenvalue weighted by atomic mass is 16.5. The van der Waals surface area contributed by atoms with Crippen LogP contribution in [-0.2, 0) is 14.3 Å². The lowest BCUT2D eigenvalue weighted by atomic mass is 9.96. The van der Waals surface area contributed by atoms with Gasteiger partial charge < -0.3 is 15.8 Å². The van der Waals surface area contributed by atoms with E-state index in [0.29, 0.717) is 19.4 Å². The maximum atomic E-state index is 11.5. The zero-order chi connectivity index (χ0) is 11.3. The van der Waals surface area contributed by atoms with Gasteiger partial charge >= 0.3 is 0 Å². The first-order valence-electron chi connectivity index (χ1n) is 5.20. The van der Waals surface area contributed by atoms with Crippen LogP contribution in [0.25, 0.3) is 0 Å². The van der Waals surface area contributed by atoms with Crippen LogP contribution in [-0.4, -0.2) is 31.1 Å². The second-order valence-electron chi connectivity index (χ2n) is 3.94. The van der Waals surface area contributed by atoms with Gasteiger partial charge in [-0.2, -0.15) is 0 Å². The van der Waals surface area contributed by atoms with Crippen molar-refractivity contribution < 1.29 is 14.3 Å². The highest BCUT2D eigenvalue weighted by molar-refractivity contribution is 5.90. The summed E-state index contributed by atoms with van der Waals surface area (Å²) in [6.45, 7) is 0.362. The lowest BCUT2D eigenvalue weighted by Gasteiger charge is -2.26. The molecule has 1 fully saturated rings. The Kier molecular flexibility index (Phi) is 4.08. The van der Waals surface area contributed by atoms with Crippen LogP contribution >= 0.6 is 0 Å². The molecule has 0 radical (unpaired) electrons. The van der Waals surface area contributed by atoms with Crippen molar-refractivity contribution in [1.82, 2.24) is 5.32 Å². The van der Waals surface area contributed by atoms with Crippen LogP contribution in [0, 0.1) is 0 Å². The number of rotatable bonds is 5. The first-order valence-corrected chi connectivity index (χ1v) is 5.20. The third-order valence-corrected chi connectivity index (χ3v) is 2.84. The van der Waals surface area contributed by atoms with Crippen molar-refractivity contribution in [2.75, 3.05) is 13.7 Å². The van der Waals surface area contributed by atoms with E-state index >= 15 is 0 Å².